The highest BCUT2D eigenvalue weighted by Gasteiger charge is 2.36. The quantitative estimate of drug-likeness (QED) is 0.535. The van der Waals surface area contributed by atoms with Crippen LogP contribution < -0.4 is 5.32 Å². The Morgan fingerprint density at radius 2 is 2.00 bits per heavy atom. The summed E-state index contributed by atoms with van der Waals surface area (Å²) in [5.74, 6) is -1.18. The highest BCUT2D eigenvalue weighted by atomic mass is 19.4. The first-order valence-electron chi connectivity index (χ1n) is 3.04. The molecule has 1 aliphatic heterocycles. The van der Waals surface area contributed by atoms with Crippen molar-refractivity contribution in [3.8, 4) is 0 Å². The summed E-state index contributed by atoms with van der Waals surface area (Å²) in [6.07, 6.45) is 0.926. The molecular formula is C4H8BF3N-. The molecule has 1 rings (SSSR count). The summed E-state index contributed by atoms with van der Waals surface area (Å²) in [5, 5.41) is 2.40. The first kappa shape index (κ1) is 6.93. The van der Waals surface area contributed by atoms with Gasteiger partial charge in [-0.15, -0.1) is 0 Å². The van der Waals surface area contributed by atoms with E-state index in [0.29, 0.717) is 13.0 Å². The van der Waals surface area contributed by atoms with Gasteiger partial charge in [0.05, 0.1) is 0 Å². The van der Waals surface area contributed by atoms with Gasteiger partial charge in [-0.25, -0.2) is 0 Å². The van der Waals surface area contributed by atoms with Gasteiger partial charge in [-0.05, 0) is 18.9 Å². The van der Waals surface area contributed by atoms with E-state index in [1.54, 1.807) is 0 Å². The van der Waals surface area contributed by atoms with Gasteiger partial charge in [-0.3, -0.25) is 0 Å². The maximum atomic E-state index is 11.8. The molecule has 1 fully saturated rings. The smallest absolute Gasteiger partial charge is 0.448 e. The van der Waals surface area contributed by atoms with Crippen molar-refractivity contribution in [2.75, 3.05) is 6.54 Å². The summed E-state index contributed by atoms with van der Waals surface area (Å²) in [6, 6.07) is 0. The van der Waals surface area contributed by atoms with Crippen LogP contribution in [0.15, 0.2) is 0 Å². The van der Waals surface area contributed by atoms with Crippen LogP contribution in [0.5, 0.6) is 0 Å². The zero-order valence-electron chi connectivity index (χ0n) is 4.91. The Kier molecular flexibility index (Phi) is 1.70. The van der Waals surface area contributed by atoms with E-state index in [1.165, 1.54) is 0 Å². The molecule has 1 N–H and O–H groups in total. The molecule has 1 heterocycles. The largest absolute Gasteiger partial charge is 0.494 e. The van der Waals surface area contributed by atoms with Gasteiger partial charge in [-0.1, -0.05) is 6.42 Å². The fourth-order valence-electron chi connectivity index (χ4n) is 1.03. The van der Waals surface area contributed by atoms with Gasteiger partial charge in [0, 0.05) is 0 Å². The predicted octanol–water partition coefficient (Wildman–Crippen LogP) is 1.12. The lowest BCUT2D eigenvalue weighted by Crippen LogP contribution is -2.41. The summed E-state index contributed by atoms with van der Waals surface area (Å²) >= 11 is 0. The summed E-state index contributed by atoms with van der Waals surface area (Å²) in [5.41, 5.74) is 0. The van der Waals surface area contributed by atoms with Crippen LogP contribution in [0.3, 0.4) is 0 Å². The summed E-state index contributed by atoms with van der Waals surface area (Å²) in [6.45, 7) is -4.10. The first-order chi connectivity index (χ1) is 4.11. The normalized spacial score (nSPS) is 29.0. The molecule has 0 unspecified atom stereocenters. The van der Waals surface area contributed by atoms with Crippen LogP contribution in [0.2, 0.25) is 0 Å². The molecule has 1 nitrogen and oxygen atoms in total. The van der Waals surface area contributed by atoms with E-state index in [2.05, 4.69) is 5.32 Å². The van der Waals surface area contributed by atoms with Crippen molar-refractivity contribution in [3.63, 3.8) is 0 Å². The number of rotatable bonds is 1. The van der Waals surface area contributed by atoms with Crippen LogP contribution in [0, 0.1) is 0 Å². The molecule has 0 aromatic rings. The van der Waals surface area contributed by atoms with E-state index in [1.807, 2.05) is 0 Å². The van der Waals surface area contributed by atoms with E-state index >= 15 is 0 Å². The maximum absolute atomic E-state index is 11.8. The molecule has 0 radical (unpaired) electrons. The van der Waals surface area contributed by atoms with Gasteiger partial charge >= 0.3 is 6.98 Å². The molecule has 1 atom stereocenters. The van der Waals surface area contributed by atoms with E-state index < -0.39 is 12.9 Å². The fourth-order valence-corrected chi connectivity index (χ4v) is 1.03. The Bertz CT molecular complexity index is 96.5. The first-order valence-corrected chi connectivity index (χ1v) is 3.04. The van der Waals surface area contributed by atoms with Gasteiger partial charge in [0.2, 0.25) is 0 Å². The average Bonchev–Trinajstić information content (AvgIpc) is 2.08. The molecule has 0 saturated carbocycles. The number of halogens is 3. The minimum Gasteiger partial charge on any atom is -0.448 e. The van der Waals surface area contributed by atoms with Crippen molar-refractivity contribution in [2.45, 2.75) is 18.8 Å². The van der Waals surface area contributed by atoms with Crippen LogP contribution in [-0.2, 0) is 0 Å². The molecule has 1 saturated heterocycles. The third kappa shape index (κ3) is 1.61. The molecule has 0 aromatic heterocycles. The summed E-state index contributed by atoms with van der Waals surface area (Å²) in [4.78, 5) is 0. The third-order valence-electron chi connectivity index (χ3n) is 1.55. The lowest BCUT2D eigenvalue weighted by Gasteiger charge is -2.21. The van der Waals surface area contributed by atoms with Crippen LogP contribution in [-0.4, -0.2) is 19.5 Å². The highest BCUT2D eigenvalue weighted by Crippen LogP contribution is 2.20. The van der Waals surface area contributed by atoms with E-state index in [4.69, 9.17) is 0 Å². The van der Waals surface area contributed by atoms with Crippen molar-refractivity contribution >= 4 is 6.98 Å². The minimum absolute atomic E-state index is 0.267. The van der Waals surface area contributed by atoms with Crippen LogP contribution in [0.4, 0.5) is 12.9 Å². The van der Waals surface area contributed by atoms with Gasteiger partial charge in [-0.2, -0.15) is 0 Å². The highest BCUT2D eigenvalue weighted by molar-refractivity contribution is 6.60. The summed E-state index contributed by atoms with van der Waals surface area (Å²) < 4.78 is 35.3. The predicted molar refractivity (Wildman–Crippen MR) is 30.1 cm³/mol. The minimum atomic E-state index is -4.62. The average molecular weight is 138 g/mol. The monoisotopic (exact) mass is 138 g/mol. The molecule has 0 aliphatic carbocycles. The van der Waals surface area contributed by atoms with Crippen molar-refractivity contribution in [1.29, 1.82) is 0 Å². The Balaban J connectivity index is 2.42. The SMILES string of the molecule is F[B-](F)(F)[C@@H]1CCCN1. The zero-order valence-corrected chi connectivity index (χ0v) is 4.91. The summed E-state index contributed by atoms with van der Waals surface area (Å²) in [7, 11) is 0. The molecular weight excluding hydrogens is 130 g/mol. The zero-order chi connectivity index (χ0) is 6.91. The van der Waals surface area contributed by atoms with Gasteiger partial charge in [0.1, 0.15) is 0 Å². The molecule has 9 heavy (non-hydrogen) atoms. The second-order valence-electron chi connectivity index (χ2n) is 2.33. The molecule has 0 bridgehead atoms. The van der Waals surface area contributed by atoms with Crippen molar-refractivity contribution in [1.82, 2.24) is 5.32 Å². The second-order valence-corrected chi connectivity index (χ2v) is 2.33. The standard InChI is InChI=1S/C4H8BF3N/c6-5(7,8)4-2-1-3-9-4/h4,9H,1-3H2/q-1/t4-/m0/s1. The van der Waals surface area contributed by atoms with Crippen molar-refractivity contribution in [3.05, 3.63) is 0 Å². The van der Waals surface area contributed by atoms with Crippen molar-refractivity contribution in [2.24, 2.45) is 0 Å². The molecule has 0 aromatic carbocycles. The number of hydrogen-bond acceptors (Lipinski definition) is 1. The lowest BCUT2D eigenvalue weighted by atomic mass is 9.79. The van der Waals surface area contributed by atoms with E-state index in [-0.39, 0.29) is 6.42 Å². The van der Waals surface area contributed by atoms with Gasteiger partial charge in [0.15, 0.2) is 0 Å². The topological polar surface area (TPSA) is 12.0 Å². The van der Waals surface area contributed by atoms with Gasteiger partial charge < -0.3 is 18.3 Å². The number of nitrogens with one attached hydrogen (secondary N) is 1. The van der Waals surface area contributed by atoms with Gasteiger partial charge in [0.25, 0.3) is 0 Å². The van der Waals surface area contributed by atoms with Crippen molar-refractivity contribution < 1.29 is 12.9 Å². The fraction of sp³-hybridized carbons (Fsp3) is 1.00. The van der Waals surface area contributed by atoms with Crippen LogP contribution >= 0.6 is 0 Å². The van der Waals surface area contributed by atoms with E-state index in [0.717, 1.165) is 0 Å². The molecule has 5 heteroatoms. The molecule has 0 spiro atoms. The Morgan fingerprint density at radius 3 is 2.22 bits per heavy atom. The Labute approximate surface area is 51.7 Å². The second kappa shape index (κ2) is 2.21. The Hall–Kier alpha value is -0.185. The molecule has 54 valence electrons. The lowest BCUT2D eigenvalue weighted by molar-refractivity contribution is 0.424. The third-order valence-corrected chi connectivity index (χ3v) is 1.55. The maximum Gasteiger partial charge on any atom is 0.494 e. The van der Waals surface area contributed by atoms with E-state index in [9.17, 15) is 12.9 Å². The number of hydrogen-bond donors (Lipinski definition) is 1. The Morgan fingerprint density at radius 1 is 1.33 bits per heavy atom. The molecule has 0 amide bonds. The van der Waals surface area contributed by atoms with Crippen LogP contribution in [0.25, 0.3) is 0 Å². The molecule has 1 aliphatic rings. The van der Waals surface area contributed by atoms with Crippen LogP contribution in [0.1, 0.15) is 12.8 Å².